The normalized spacial score (nSPS) is 11.6. The van der Waals surface area contributed by atoms with E-state index in [1.165, 1.54) is 0 Å². The van der Waals surface area contributed by atoms with Crippen molar-refractivity contribution >= 4 is 47.6 Å². The molecule has 0 radical (unpaired) electrons. The standard InChI is InChI=1S/C13H28N4OS.HI/c1-7-14-12(16-10-13(2,3)19-6)15-9-8-11(18)17(4)5;/h7-10H2,1-6H3,(H2,14,15,16);1H. The zero-order valence-electron chi connectivity index (χ0n) is 13.4. The molecule has 0 atom stereocenters. The van der Waals surface area contributed by atoms with Crippen LogP contribution >= 0.6 is 35.7 Å². The topological polar surface area (TPSA) is 56.7 Å². The van der Waals surface area contributed by atoms with Gasteiger partial charge in [0.1, 0.15) is 0 Å². The minimum atomic E-state index is 0. The van der Waals surface area contributed by atoms with Crippen molar-refractivity contribution in [2.24, 2.45) is 4.99 Å². The smallest absolute Gasteiger partial charge is 0.223 e. The molecule has 0 bridgehead atoms. The Hall–Kier alpha value is -0.180. The molecule has 0 rings (SSSR count). The van der Waals surface area contributed by atoms with Gasteiger partial charge in [0.05, 0.1) is 6.54 Å². The van der Waals surface area contributed by atoms with Crippen LogP contribution in [0.1, 0.15) is 27.2 Å². The third kappa shape index (κ3) is 10.6. The summed E-state index contributed by atoms with van der Waals surface area (Å²) in [5.74, 6) is 0.893. The number of nitrogens with zero attached hydrogens (tertiary/aromatic N) is 2. The Morgan fingerprint density at radius 2 is 1.90 bits per heavy atom. The van der Waals surface area contributed by atoms with E-state index in [4.69, 9.17) is 0 Å². The quantitative estimate of drug-likeness (QED) is 0.378. The van der Waals surface area contributed by atoms with E-state index in [0.29, 0.717) is 13.0 Å². The maximum absolute atomic E-state index is 11.5. The largest absolute Gasteiger partial charge is 0.357 e. The Labute approximate surface area is 144 Å². The molecular weight excluding hydrogens is 387 g/mol. The van der Waals surface area contributed by atoms with E-state index in [0.717, 1.165) is 19.0 Å². The number of guanidine groups is 1. The zero-order valence-corrected chi connectivity index (χ0v) is 16.6. The predicted octanol–water partition coefficient (Wildman–Crippen LogP) is 1.78. The maximum Gasteiger partial charge on any atom is 0.223 e. The van der Waals surface area contributed by atoms with Gasteiger partial charge in [-0.1, -0.05) is 0 Å². The summed E-state index contributed by atoms with van der Waals surface area (Å²) < 4.78 is 0.127. The van der Waals surface area contributed by atoms with Crippen molar-refractivity contribution in [2.75, 3.05) is 40.0 Å². The van der Waals surface area contributed by atoms with Crippen molar-refractivity contribution in [2.45, 2.75) is 31.9 Å². The number of thioether (sulfide) groups is 1. The number of aliphatic imine (C=N–C) groups is 1. The lowest BCUT2D eigenvalue weighted by Gasteiger charge is -2.20. The van der Waals surface area contributed by atoms with Crippen LogP contribution in [0.15, 0.2) is 4.99 Å². The molecule has 0 aromatic rings. The lowest BCUT2D eigenvalue weighted by Crippen LogP contribution is -2.40. The van der Waals surface area contributed by atoms with Crippen molar-refractivity contribution in [1.82, 2.24) is 15.5 Å². The second-order valence-electron chi connectivity index (χ2n) is 5.12. The Kier molecular flexibility index (Phi) is 12.7. The van der Waals surface area contributed by atoms with Crippen molar-refractivity contribution in [3.05, 3.63) is 0 Å². The first-order valence-electron chi connectivity index (χ1n) is 6.60. The van der Waals surface area contributed by atoms with E-state index in [2.05, 4.69) is 35.7 Å². The van der Waals surface area contributed by atoms with Crippen LogP contribution in [-0.4, -0.2) is 61.5 Å². The van der Waals surface area contributed by atoms with Gasteiger partial charge >= 0.3 is 0 Å². The SMILES string of the molecule is CCNC(=NCC(C)(C)SC)NCCC(=O)N(C)C.I. The molecule has 0 unspecified atom stereocenters. The van der Waals surface area contributed by atoms with Crippen LogP contribution in [0.4, 0.5) is 0 Å². The second-order valence-corrected chi connectivity index (χ2v) is 6.64. The Bertz CT molecular complexity index is 309. The molecular formula is C13H29IN4OS. The molecule has 20 heavy (non-hydrogen) atoms. The van der Waals surface area contributed by atoms with Gasteiger partial charge in [-0.3, -0.25) is 9.79 Å². The highest BCUT2D eigenvalue weighted by Gasteiger charge is 2.15. The van der Waals surface area contributed by atoms with E-state index in [9.17, 15) is 4.79 Å². The van der Waals surface area contributed by atoms with Gasteiger partial charge in [-0.25, -0.2) is 0 Å². The number of carbonyl (C=O) groups is 1. The highest BCUT2D eigenvalue weighted by atomic mass is 127. The summed E-state index contributed by atoms with van der Waals surface area (Å²) in [6.45, 7) is 8.52. The highest BCUT2D eigenvalue weighted by Crippen LogP contribution is 2.20. The van der Waals surface area contributed by atoms with Crippen LogP contribution in [0.25, 0.3) is 0 Å². The van der Waals surface area contributed by atoms with Crippen LogP contribution in [0.3, 0.4) is 0 Å². The third-order valence-electron chi connectivity index (χ3n) is 2.64. The van der Waals surface area contributed by atoms with Gasteiger partial charge < -0.3 is 15.5 Å². The van der Waals surface area contributed by atoms with Gasteiger partial charge in [-0.05, 0) is 27.0 Å². The summed E-state index contributed by atoms with van der Waals surface area (Å²) in [4.78, 5) is 17.6. The number of hydrogen-bond acceptors (Lipinski definition) is 3. The molecule has 5 nitrogen and oxygen atoms in total. The molecule has 0 aliphatic heterocycles. The molecule has 7 heteroatoms. The number of carbonyl (C=O) groups excluding carboxylic acids is 1. The van der Waals surface area contributed by atoms with Crippen LogP contribution in [0, 0.1) is 0 Å². The Morgan fingerprint density at radius 1 is 1.30 bits per heavy atom. The summed E-state index contributed by atoms with van der Waals surface area (Å²) in [5.41, 5.74) is 0. The van der Waals surface area contributed by atoms with Crippen molar-refractivity contribution < 1.29 is 4.79 Å². The lowest BCUT2D eigenvalue weighted by atomic mass is 10.2. The fraction of sp³-hybridized carbons (Fsp3) is 0.846. The molecule has 1 amide bonds. The zero-order chi connectivity index (χ0) is 14.9. The molecule has 0 heterocycles. The molecule has 0 aliphatic rings. The van der Waals surface area contributed by atoms with E-state index < -0.39 is 0 Å². The van der Waals surface area contributed by atoms with Gasteiger partial charge in [0.2, 0.25) is 5.91 Å². The van der Waals surface area contributed by atoms with Crippen LogP contribution in [-0.2, 0) is 4.79 Å². The maximum atomic E-state index is 11.5. The molecule has 0 saturated carbocycles. The van der Waals surface area contributed by atoms with Crippen LogP contribution < -0.4 is 10.6 Å². The summed E-state index contributed by atoms with van der Waals surface area (Å²) in [6, 6.07) is 0. The van der Waals surface area contributed by atoms with Crippen molar-refractivity contribution in [3.63, 3.8) is 0 Å². The van der Waals surface area contributed by atoms with Gasteiger partial charge in [0.15, 0.2) is 5.96 Å². The minimum Gasteiger partial charge on any atom is -0.357 e. The number of hydrogen-bond donors (Lipinski definition) is 2. The molecule has 0 spiro atoms. The van der Waals surface area contributed by atoms with Gasteiger partial charge in [-0.15, -0.1) is 24.0 Å². The van der Waals surface area contributed by atoms with E-state index in [1.807, 2.05) is 6.92 Å². The number of nitrogens with one attached hydrogen (secondary N) is 2. The van der Waals surface area contributed by atoms with Gasteiger partial charge in [0, 0.05) is 38.4 Å². The fourth-order valence-corrected chi connectivity index (χ4v) is 1.38. The second kappa shape index (κ2) is 11.5. The summed E-state index contributed by atoms with van der Waals surface area (Å²) >= 11 is 1.80. The third-order valence-corrected chi connectivity index (χ3v) is 3.88. The summed E-state index contributed by atoms with van der Waals surface area (Å²) in [7, 11) is 3.53. The number of amides is 1. The molecule has 0 aliphatic carbocycles. The van der Waals surface area contributed by atoms with E-state index in [-0.39, 0.29) is 34.6 Å². The fourth-order valence-electron chi connectivity index (χ4n) is 1.19. The average molecular weight is 416 g/mol. The Balaban J connectivity index is 0. The summed E-state index contributed by atoms with van der Waals surface area (Å²) in [5, 5.41) is 6.37. The average Bonchev–Trinajstić information content (AvgIpc) is 2.35. The van der Waals surface area contributed by atoms with Crippen LogP contribution in [0.2, 0.25) is 0 Å². The molecule has 0 fully saturated rings. The first kappa shape index (κ1) is 22.1. The van der Waals surface area contributed by atoms with Crippen molar-refractivity contribution in [1.29, 1.82) is 0 Å². The number of rotatable bonds is 7. The first-order chi connectivity index (χ1) is 8.82. The molecule has 0 aromatic heterocycles. The molecule has 0 aromatic carbocycles. The minimum absolute atomic E-state index is 0. The van der Waals surface area contributed by atoms with E-state index in [1.54, 1.807) is 30.8 Å². The predicted molar refractivity (Wildman–Crippen MR) is 100 cm³/mol. The molecule has 0 saturated heterocycles. The summed E-state index contributed by atoms with van der Waals surface area (Å²) in [6.07, 6.45) is 2.56. The monoisotopic (exact) mass is 416 g/mol. The van der Waals surface area contributed by atoms with Crippen molar-refractivity contribution in [3.8, 4) is 0 Å². The number of halogens is 1. The van der Waals surface area contributed by atoms with Gasteiger partial charge in [-0.2, -0.15) is 11.8 Å². The lowest BCUT2D eigenvalue weighted by molar-refractivity contribution is -0.128. The van der Waals surface area contributed by atoms with Crippen LogP contribution in [0.5, 0.6) is 0 Å². The first-order valence-corrected chi connectivity index (χ1v) is 7.82. The van der Waals surface area contributed by atoms with Gasteiger partial charge in [0.25, 0.3) is 0 Å². The highest BCUT2D eigenvalue weighted by molar-refractivity contribution is 14.0. The molecule has 2 N–H and O–H groups in total. The Morgan fingerprint density at radius 3 is 2.35 bits per heavy atom. The molecule has 120 valence electrons. The van der Waals surface area contributed by atoms with E-state index >= 15 is 0 Å².